The van der Waals surface area contributed by atoms with Crippen LogP contribution in [0.2, 0.25) is 0 Å². The van der Waals surface area contributed by atoms with E-state index in [-0.39, 0.29) is 0 Å². The Morgan fingerprint density at radius 1 is 0.923 bits per heavy atom. The highest BCUT2D eigenvalue weighted by atomic mass is 15.1. The van der Waals surface area contributed by atoms with Crippen LogP contribution in [0, 0.1) is 0 Å². The minimum atomic E-state index is 0.874. The number of fused-ring (bicyclic) bond motifs is 2. The van der Waals surface area contributed by atoms with Gasteiger partial charge in [0, 0.05) is 56.0 Å². The fraction of sp³-hybridized carbons (Fsp3) is 0.130. The highest BCUT2D eigenvalue weighted by molar-refractivity contribution is 5.87. The van der Waals surface area contributed by atoms with Gasteiger partial charge in [0.1, 0.15) is 0 Å². The summed E-state index contributed by atoms with van der Waals surface area (Å²) in [6.07, 6.45) is 6.59. The molecule has 0 bridgehead atoms. The van der Waals surface area contributed by atoms with Gasteiger partial charge in [-0.15, -0.1) is 0 Å². The summed E-state index contributed by atoms with van der Waals surface area (Å²) in [6, 6.07) is 21.0. The standard InChI is InChI=1S/C23H21N3/c1-26(2)19-11-9-17(10-12-19)15-24-16-22-20-7-4-3-6-18(20)14-23-21(22)8-5-13-25-23/h3-13,15-16H,14H2,1-2H3/b22-16-,24-15?. The Kier molecular flexibility index (Phi) is 4.36. The molecule has 0 amide bonds. The Morgan fingerprint density at radius 3 is 2.50 bits per heavy atom. The van der Waals surface area contributed by atoms with Crippen molar-refractivity contribution < 1.29 is 0 Å². The molecule has 0 aliphatic heterocycles. The van der Waals surface area contributed by atoms with Crippen LogP contribution in [0.5, 0.6) is 0 Å². The van der Waals surface area contributed by atoms with Crippen LogP contribution in [0.25, 0.3) is 5.57 Å². The highest BCUT2D eigenvalue weighted by Gasteiger charge is 2.20. The molecule has 0 spiro atoms. The quantitative estimate of drug-likeness (QED) is 0.512. The Balaban J connectivity index is 1.68. The molecule has 1 aromatic heterocycles. The van der Waals surface area contributed by atoms with E-state index in [0.717, 1.165) is 23.3 Å². The summed E-state index contributed by atoms with van der Waals surface area (Å²) in [5.41, 5.74) is 8.23. The number of benzene rings is 2. The third-order valence-electron chi connectivity index (χ3n) is 4.68. The lowest BCUT2D eigenvalue weighted by atomic mass is 9.85. The van der Waals surface area contributed by atoms with Crippen LogP contribution in [0.3, 0.4) is 0 Å². The molecule has 0 saturated heterocycles. The van der Waals surface area contributed by atoms with Gasteiger partial charge in [0.15, 0.2) is 0 Å². The van der Waals surface area contributed by atoms with Gasteiger partial charge in [0.25, 0.3) is 0 Å². The first-order valence-corrected chi connectivity index (χ1v) is 8.75. The molecule has 1 aliphatic rings. The average molecular weight is 339 g/mol. The SMILES string of the molecule is CN(C)c1ccc(C=N/C=C2/c3ccccc3Cc3ncccc32)cc1. The van der Waals surface area contributed by atoms with E-state index < -0.39 is 0 Å². The third-order valence-corrected chi connectivity index (χ3v) is 4.68. The van der Waals surface area contributed by atoms with Gasteiger partial charge in [-0.2, -0.15) is 0 Å². The Hall–Kier alpha value is -3.20. The normalized spacial score (nSPS) is 14.3. The van der Waals surface area contributed by atoms with Crippen molar-refractivity contribution in [1.29, 1.82) is 0 Å². The van der Waals surface area contributed by atoms with Crippen LogP contribution < -0.4 is 4.90 Å². The summed E-state index contributed by atoms with van der Waals surface area (Å²) in [4.78, 5) is 11.3. The summed E-state index contributed by atoms with van der Waals surface area (Å²) >= 11 is 0. The second-order valence-corrected chi connectivity index (χ2v) is 6.64. The van der Waals surface area contributed by atoms with E-state index in [0.29, 0.717) is 0 Å². The van der Waals surface area contributed by atoms with Crippen LogP contribution >= 0.6 is 0 Å². The zero-order chi connectivity index (χ0) is 17.9. The minimum Gasteiger partial charge on any atom is -0.378 e. The van der Waals surface area contributed by atoms with Crippen molar-refractivity contribution in [2.45, 2.75) is 6.42 Å². The van der Waals surface area contributed by atoms with E-state index in [1.54, 1.807) is 0 Å². The first kappa shape index (κ1) is 16.3. The number of aromatic nitrogens is 1. The first-order chi connectivity index (χ1) is 12.7. The molecule has 0 fully saturated rings. The molecule has 2 aromatic carbocycles. The van der Waals surface area contributed by atoms with E-state index in [1.165, 1.54) is 22.4 Å². The molecule has 128 valence electrons. The largest absolute Gasteiger partial charge is 0.378 e. The van der Waals surface area contributed by atoms with Crippen molar-refractivity contribution >= 4 is 17.5 Å². The van der Waals surface area contributed by atoms with Crippen LogP contribution in [0.4, 0.5) is 5.69 Å². The zero-order valence-corrected chi connectivity index (χ0v) is 15.1. The summed E-state index contributed by atoms with van der Waals surface area (Å²) in [6.45, 7) is 0. The van der Waals surface area contributed by atoms with Gasteiger partial charge in [-0.1, -0.05) is 42.5 Å². The molecule has 26 heavy (non-hydrogen) atoms. The van der Waals surface area contributed by atoms with E-state index in [1.807, 2.05) is 38.8 Å². The van der Waals surface area contributed by atoms with Crippen LogP contribution in [-0.4, -0.2) is 25.3 Å². The molecule has 3 aromatic rings. The molecule has 0 N–H and O–H groups in total. The van der Waals surface area contributed by atoms with Crippen molar-refractivity contribution in [2.24, 2.45) is 4.99 Å². The van der Waals surface area contributed by atoms with E-state index >= 15 is 0 Å². The van der Waals surface area contributed by atoms with Crippen molar-refractivity contribution in [2.75, 3.05) is 19.0 Å². The monoisotopic (exact) mass is 339 g/mol. The molecular weight excluding hydrogens is 318 g/mol. The van der Waals surface area contributed by atoms with Crippen LogP contribution in [-0.2, 0) is 6.42 Å². The molecule has 4 rings (SSSR count). The number of aliphatic imine (C=N–C) groups is 1. The van der Waals surface area contributed by atoms with Crippen molar-refractivity contribution in [3.8, 4) is 0 Å². The molecule has 3 nitrogen and oxygen atoms in total. The maximum Gasteiger partial charge on any atom is 0.0526 e. The Bertz CT molecular complexity index is 935. The lowest BCUT2D eigenvalue weighted by molar-refractivity contribution is 1.04. The summed E-state index contributed by atoms with van der Waals surface area (Å²) in [5, 5.41) is 0. The lowest BCUT2D eigenvalue weighted by Crippen LogP contribution is -2.08. The summed E-state index contributed by atoms with van der Waals surface area (Å²) in [7, 11) is 4.08. The second kappa shape index (κ2) is 6.96. The number of pyridine rings is 1. The predicted octanol–water partition coefficient (Wildman–Crippen LogP) is 4.56. The van der Waals surface area contributed by atoms with E-state index in [2.05, 4.69) is 69.5 Å². The zero-order valence-electron chi connectivity index (χ0n) is 15.1. The number of hydrogen-bond donors (Lipinski definition) is 0. The fourth-order valence-electron chi connectivity index (χ4n) is 3.28. The molecule has 1 heterocycles. The molecule has 3 heteroatoms. The van der Waals surface area contributed by atoms with Gasteiger partial charge in [-0.25, -0.2) is 0 Å². The Morgan fingerprint density at radius 2 is 1.69 bits per heavy atom. The summed E-state index contributed by atoms with van der Waals surface area (Å²) < 4.78 is 0. The van der Waals surface area contributed by atoms with Crippen LogP contribution in [0.15, 0.2) is 78.1 Å². The average Bonchev–Trinajstić information content (AvgIpc) is 2.68. The highest BCUT2D eigenvalue weighted by Crippen LogP contribution is 2.34. The van der Waals surface area contributed by atoms with Crippen molar-refractivity contribution in [3.63, 3.8) is 0 Å². The number of hydrogen-bond acceptors (Lipinski definition) is 3. The maximum absolute atomic E-state index is 4.61. The topological polar surface area (TPSA) is 28.5 Å². The molecule has 0 unspecified atom stereocenters. The van der Waals surface area contributed by atoms with Gasteiger partial charge in [-0.3, -0.25) is 9.98 Å². The third kappa shape index (κ3) is 3.16. The maximum atomic E-state index is 4.61. The number of rotatable bonds is 3. The first-order valence-electron chi connectivity index (χ1n) is 8.75. The van der Waals surface area contributed by atoms with E-state index in [9.17, 15) is 0 Å². The molecule has 0 atom stereocenters. The molecular formula is C23H21N3. The van der Waals surface area contributed by atoms with Crippen molar-refractivity contribution in [1.82, 2.24) is 4.98 Å². The van der Waals surface area contributed by atoms with Crippen molar-refractivity contribution in [3.05, 3.63) is 101 Å². The molecule has 0 radical (unpaired) electrons. The molecule has 0 saturated carbocycles. The fourth-order valence-corrected chi connectivity index (χ4v) is 3.28. The van der Waals surface area contributed by atoms with Gasteiger partial charge in [0.2, 0.25) is 0 Å². The van der Waals surface area contributed by atoms with E-state index in [4.69, 9.17) is 0 Å². The lowest BCUT2D eigenvalue weighted by Gasteiger charge is -2.20. The van der Waals surface area contributed by atoms with Gasteiger partial charge >= 0.3 is 0 Å². The minimum absolute atomic E-state index is 0.874. The number of nitrogens with zero attached hydrogens (tertiary/aromatic N) is 3. The smallest absolute Gasteiger partial charge is 0.0526 e. The predicted molar refractivity (Wildman–Crippen MR) is 109 cm³/mol. The second-order valence-electron chi connectivity index (χ2n) is 6.64. The van der Waals surface area contributed by atoms with Gasteiger partial charge in [-0.05, 0) is 34.9 Å². The van der Waals surface area contributed by atoms with Gasteiger partial charge < -0.3 is 4.90 Å². The molecule has 1 aliphatic carbocycles. The summed E-state index contributed by atoms with van der Waals surface area (Å²) in [5.74, 6) is 0. The van der Waals surface area contributed by atoms with Gasteiger partial charge in [0.05, 0.1) is 5.69 Å². The Labute approximate surface area is 154 Å². The van der Waals surface area contributed by atoms with Crippen LogP contribution in [0.1, 0.15) is 27.9 Å². The number of anilines is 1.